The van der Waals surface area contributed by atoms with Crippen LogP contribution in [0.25, 0.3) is 0 Å². The smallest absolute Gasteiger partial charge is 0.265 e. The Kier molecular flexibility index (Phi) is 6.87. The van der Waals surface area contributed by atoms with Gasteiger partial charge in [-0.1, -0.05) is 55.2 Å². The number of carbonyl (C=O) groups excluding carboxylic acids is 2. The number of benzene rings is 1. The maximum atomic E-state index is 13.5. The van der Waals surface area contributed by atoms with Crippen molar-refractivity contribution < 1.29 is 14.0 Å². The quantitative estimate of drug-likeness (QED) is 0.533. The molecule has 1 aromatic carbocycles. The second-order valence-electron chi connectivity index (χ2n) is 8.16. The van der Waals surface area contributed by atoms with Crippen molar-refractivity contribution in [3.63, 3.8) is 0 Å². The number of furan rings is 1. The van der Waals surface area contributed by atoms with Gasteiger partial charge in [0.25, 0.3) is 11.8 Å². The third-order valence-electron chi connectivity index (χ3n) is 5.79. The van der Waals surface area contributed by atoms with E-state index in [0.717, 1.165) is 36.8 Å². The van der Waals surface area contributed by atoms with Crippen molar-refractivity contribution in [1.82, 2.24) is 10.2 Å². The predicted octanol–water partition coefficient (Wildman–Crippen LogP) is 5.48. The molecule has 1 saturated carbocycles. The number of rotatable bonds is 7. The molecule has 1 aliphatic carbocycles. The van der Waals surface area contributed by atoms with E-state index in [9.17, 15) is 9.59 Å². The summed E-state index contributed by atoms with van der Waals surface area (Å²) < 4.78 is 5.66. The van der Waals surface area contributed by atoms with Gasteiger partial charge in [0.15, 0.2) is 6.04 Å². The van der Waals surface area contributed by atoms with E-state index in [2.05, 4.69) is 5.32 Å². The predicted molar refractivity (Wildman–Crippen MR) is 122 cm³/mol. The van der Waals surface area contributed by atoms with Crippen LogP contribution in [0.3, 0.4) is 0 Å². The van der Waals surface area contributed by atoms with Gasteiger partial charge in [0.1, 0.15) is 5.76 Å². The molecule has 3 aromatic rings. The Morgan fingerprint density at radius 2 is 1.87 bits per heavy atom. The first-order chi connectivity index (χ1) is 15.1. The molecule has 1 atom stereocenters. The van der Waals surface area contributed by atoms with Gasteiger partial charge in [-0.2, -0.15) is 0 Å². The highest BCUT2D eigenvalue weighted by atomic mass is 32.1. The van der Waals surface area contributed by atoms with Crippen LogP contribution in [0, 0.1) is 6.92 Å². The molecule has 5 nitrogen and oxygen atoms in total. The minimum absolute atomic E-state index is 0.150. The largest absolute Gasteiger partial charge is 0.467 e. The van der Waals surface area contributed by atoms with Crippen molar-refractivity contribution in [2.45, 2.75) is 57.7 Å². The van der Waals surface area contributed by atoms with E-state index in [1.807, 2.05) is 42.6 Å². The molecule has 31 heavy (non-hydrogen) atoms. The molecule has 2 heterocycles. The van der Waals surface area contributed by atoms with Gasteiger partial charge in [0.05, 0.1) is 11.1 Å². The lowest BCUT2D eigenvalue weighted by Crippen LogP contribution is -2.46. The Balaban J connectivity index is 1.67. The van der Waals surface area contributed by atoms with Gasteiger partial charge < -0.3 is 14.6 Å². The van der Waals surface area contributed by atoms with E-state index in [4.69, 9.17) is 4.42 Å². The lowest BCUT2D eigenvalue weighted by atomic mass is 9.95. The lowest BCUT2D eigenvalue weighted by Gasteiger charge is -2.32. The van der Waals surface area contributed by atoms with Crippen molar-refractivity contribution in [3.8, 4) is 0 Å². The molecule has 162 valence electrons. The molecule has 1 fully saturated rings. The van der Waals surface area contributed by atoms with Crippen LogP contribution in [0.15, 0.2) is 64.6 Å². The van der Waals surface area contributed by atoms with Crippen LogP contribution < -0.4 is 5.32 Å². The van der Waals surface area contributed by atoms with Crippen LogP contribution >= 0.6 is 11.3 Å². The zero-order valence-electron chi connectivity index (χ0n) is 17.8. The van der Waals surface area contributed by atoms with E-state index in [1.165, 1.54) is 17.8 Å². The summed E-state index contributed by atoms with van der Waals surface area (Å²) in [5.41, 5.74) is 2.12. The summed E-state index contributed by atoms with van der Waals surface area (Å²) in [5, 5.41) is 5.07. The van der Waals surface area contributed by atoms with Gasteiger partial charge >= 0.3 is 0 Å². The highest BCUT2D eigenvalue weighted by Crippen LogP contribution is 2.28. The molecule has 2 amide bonds. The highest BCUT2D eigenvalue weighted by molar-refractivity contribution is 7.12. The number of amides is 2. The molecule has 1 N–H and O–H groups in total. The molecule has 4 rings (SSSR count). The molecular formula is C25H28N2O3S. The highest BCUT2D eigenvalue weighted by Gasteiger charge is 2.35. The van der Waals surface area contributed by atoms with Crippen LogP contribution in [-0.4, -0.2) is 22.8 Å². The Hall–Kier alpha value is -2.86. The Morgan fingerprint density at radius 1 is 1.10 bits per heavy atom. The summed E-state index contributed by atoms with van der Waals surface area (Å²) in [6.07, 6.45) is 6.97. The lowest BCUT2D eigenvalue weighted by molar-refractivity contribution is -0.127. The fraction of sp³-hybridized carbons (Fsp3) is 0.360. The molecule has 0 saturated heterocycles. The van der Waals surface area contributed by atoms with Gasteiger partial charge in [-0.25, -0.2) is 0 Å². The van der Waals surface area contributed by atoms with Gasteiger partial charge in [-0.05, 0) is 48.9 Å². The second kappa shape index (κ2) is 9.96. The average molecular weight is 437 g/mol. The molecule has 1 aliphatic rings. The first-order valence-electron chi connectivity index (χ1n) is 10.9. The third kappa shape index (κ3) is 5.25. The normalized spacial score (nSPS) is 15.4. The topological polar surface area (TPSA) is 62.6 Å². The summed E-state index contributed by atoms with van der Waals surface area (Å²) in [6, 6.07) is 14.6. The van der Waals surface area contributed by atoms with E-state index in [-0.39, 0.29) is 17.9 Å². The second-order valence-corrected chi connectivity index (χ2v) is 9.11. The molecule has 0 radical (unpaired) electrons. The number of nitrogens with one attached hydrogen (secondary N) is 1. The fourth-order valence-corrected chi connectivity index (χ4v) is 4.79. The summed E-state index contributed by atoms with van der Waals surface area (Å²) >= 11 is 1.38. The zero-order valence-corrected chi connectivity index (χ0v) is 18.6. The first-order valence-corrected chi connectivity index (χ1v) is 11.7. The van der Waals surface area contributed by atoms with E-state index in [0.29, 0.717) is 17.2 Å². The van der Waals surface area contributed by atoms with Crippen molar-refractivity contribution in [2.75, 3.05) is 0 Å². The summed E-state index contributed by atoms with van der Waals surface area (Å²) in [4.78, 5) is 29.3. The molecule has 6 heteroatoms. The monoisotopic (exact) mass is 436 g/mol. The van der Waals surface area contributed by atoms with Gasteiger partial charge in [-0.15, -0.1) is 11.3 Å². The Labute approximate surface area is 187 Å². The number of aryl methyl sites for hydroxylation is 1. The number of nitrogens with zero attached hydrogens (tertiary/aromatic N) is 1. The van der Waals surface area contributed by atoms with Crippen LogP contribution in [0.1, 0.15) is 64.7 Å². The summed E-state index contributed by atoms with van der Waals surface area (Å²) in [7, 11) is 0. The SMILES string of the molecule is Cc1ccc(CN(C(=O)c2cccs2)[C@@H](C(=O)NC2CCCCC2)c2ccco2)cc1. The minimum atomic E-state index is -0.826. The number of hydrogen-bond donors (Lipinski definition) is 1. The molecule has 0 aliphatic heterocycles. The van der Waals surface area contributed by atoms with Crippen LogP contribution in [0.5, 0.6) is 0 Å². The molecule has 0 spiro atoms. The standard InChI is InChI=1S/C25H28N2O3S/c1-18-11-13-19(14-12-18)17-27(25(29)22-10-6-16-31-22)23(21-9-5-15-30-21)24(28)26-20-7-3-2-4-8-20/h5-6,9-16,20,23H,2-4,7-8,17H2,1H3,(H,26,28)/t23-/m1/s1. The van der Waals surface area contributed by atoms with E-state index >= 15 is 0 Å². The first kappa shape index (κ1) is 21.4. The van der Waals surface area contributed by atoms with E-state index < -0.39 is 6.04 Å². The van der Waals surface area contributed by atoms with Gasteiger partial charge in [-0.3, -0.25) is 9.59 Å². The van der Waals surface area contributed by atoms with Crippen molar-refractivity contribution >= 4 is 23.2 Å². The van der Waals surface area contributed by atoms with Crippen molar-refractivity contribution in [2.24, 2.45) is 0 Å². The van der Waals surface area contributed by atoms with Gasteiger partial charge in [0, 0.05) is 12.6 Å². The molecule has 2 aromatic heterocycles. The Morgan fingerprint density at radius 3 is 2.52 bits per heavy atom. The van der Waals surface area contributed by atoms with Crippen LogP contribution in [-0.2, 0) is 11.3 Å². The average Bonchev–Trinajstić information content (AvgIpc) is 3.50. The molecule has 0 unspecified atom stereocenters. The summed E-state index contributed by atoms with van der Waals surface area (Å²) in [6.45, 7) is 2.35. The number of thiophene rings is 1. The maximum Gasteiger partial charge on any atom is 0.265 e. The molecular weight excluding hydrogens is 408 g/mol. The van der Waals surface area contributed by atoms with Crippen molar-refractivity contribution in [3.05, 3.63) is 81.9 Å². The van der Waals surface area contributed by atoms with Crippen molar-refractivity contribution in [1.29, 1.82) is 0 Å². The number of hydrogen-bond acceptors (Lipinski definition) is 4. The third-order valence-corrected chi connectivity index (χ3v) is 6.65. The molecule has 0 bridgehead atoms. The fourth-order valence-electron chi connectivity index (χ4n) is 4.11. The van der Waals surface area contributed by atoms with E-state index in [1.54, 1.807) is 29.4 Å². The Bertz CT molecular complexity index is 974. The van der Waals surface area contributed by atoms with Crippen LogP contribution in [0.2, 0.25) is 0 Å². The zero-order chi connectivity index (χ0) is 21.6. The maximum absolute atomic E-state index is 13.5. The van der Waals surface area contributed by atoms with Gasteiger partial charge in [0.2, 0.25) is 0 Å². The summed E-state index contributed by atoms with van der Waals surface area (Å²) in [5.74, 6) is 0.125. The number of carbonyl (C=O) groups is 2. The minimum Gasteiger partial charge on any atom is -0.467 e. The van der Waals surface area contributed by atoms with Crippen LogP contribution in [0.4, 0.5) is 0 Å².